The van der Waals surface area contributed by atoms with Gasteiger partial charge in [0, 0.05) is 18.5 Å². The van der Waals surface area contributed by atoms with Crippen molar-refractivity contribution in [3.8, 4) is 0 Å². The number of hydrogen-bond donors (Lipinski definition) is 1. The molecular formula is C14H16Cl2FNO. The van der Waals surface area contributed by atoms with E-state index < -0.39 is 11.7 Å². The van der Waals surface area contributed by atoms with E-state index in [9.17, 15) is 9.18 Å². The average molecular weight is 304 g/mol. The van der Waals surface area contributed by atoms with Crippen molar-refractivity contribution in [3.63, 3.8) is 0 Å². The molecule has 19 heavy (non-hydrogen) atoms. The second kappa shape index (κ2) is 5.78. The third-order valence-electron chi connectivity index (χ3n) is 3.53. The molecule has 1 aromatic rings. The Morgan fingerprint density at radius 3 is 2.74 bits per heavy atom. The Kier molecular flexibility index (Phi) is 4.49. The van der Waals surface area contributed by atoms with Crippen LogP contribution >= 0.6 is 23.2 Å². The van der Waals surface area contributed by atoms with Gasteiger partial charge in [0.2, 0.25) is 0 Å². The summed E-state index contributed by atoms with van der Waals surface area (Å²) < 4.78 is 13.5. The van der Waals surface area contributed by atoms with Gasteiger partial charge < -0.3 is 5.32 Å². The fourth-order valence-electron chi connectivity index (χ4n) is 2.65. The minimum absolute atomic E-state index is 0.104. The third kappa shape index (κ3) is 2.93. The molecule has 1 N–H and O–H groups in total. The summed E-state index contributed by atoms with van der Waals surface area (Å²) in [6.07, 6.45) is 0.678. The smallest absolute Gasteiger partial charge is 0.183 e. The molecule has 1 fully saturated rings. The molecule has 0 amide bonds. The Labute approximate surface area is 122 Å². The zero-order valence-corrected chi connectivity index (χ0v) is 12.2. The molecule has 0 bridgehead atoms. The summed E-state index contributed by atoms with van der Waals surface area (Å²) in [6.45, 7) is 2.21. The molecule has 0 aromatic heterocycles. The van der Waals surface area contributed by atoms with Crippen LogP contribution in [0.1, 0.15) is 36.5 Å². The average Bonchev–Trinajstić information content (AvgIpc) is 2.75. The molecule has 1 aromatic carbocycles. The molecule has 1 aliphatic heterocycles. The van der Waals surface area contributed by atoms with Gasteiger partial charge in [-0.05, 0) is 24.6 Å². The van der Waals surface area contributed by atoms with E-state index in [-0.39, 0.29) is 18.7 Å². The molecule has 1 unspecified atom stereocenters. The summed E-state index contributed by atoms with van der Waals surface area (Å²) in [4.78, 5) is 12.6. The second-order valence-corrected chi connectivity index (χ2v) is 5.79. The fraction of sp³-hybridized carbons (Fsp3) is 0.500. The number of Topliss-reactive ketones (excluding diaryl/α,β-unsaturated/α-hetero) is 1. The second-order valence-electron chi connectivity index (χ2n) is 4.97. The normalized spacial score (nSPS) is 26.6. The number of rotatable bonds is 4. The fourth-order valence-corrected chi connectivity index (χ4v) is 2.94. The number of carbonyl (C=O) groups is 1. The maximum Gasteiger partial charge on any atom is 0.183 e. The van der Waals surface area contributed by atoms with Crippen LogP contribution in [0.3, 0.4) is 0 Å². The van der Waals surface area contributed by atoms with Gasteiger partial charge in [-0.25, -0.2) is 4.39 Å². The van der Waals surface area contributed by atoms with Crippen molar-refractivity contribution < 1.29 is 9.18 Å². The number of benzene rings is 1. The molecule has 2 nitrogen and oxygen atoms in total. The third-order valence-corrected chi connectivity index (χ3v) is 4.26. The predicted molar refractivity (Wildman–Crippen MR) is 75.9 cm³/mol. The molecule has 1 heterocycles. The number of hydrogen-bond acceptors (Lipinski definition) is 2. The maximum absolute atomic E-state index is 13.5. The van der Waals surface area contributed by atoms with E-state index in [1.807, 2.05) is 6.92 Å². The van der Waals surface area contributed by atoms with Crippen molar-refractivity contribution in [1.82, 2.24) is 5.32 Å². The molecule has 0 saturated carbocycles. The standard InChI is InChI=1S/C14H16Cl2FNO/c1-2-5-14(7-10(17)8-18-14)13(19)9-3-4-11(15)12(16)6-9/h3-4,6,10,18H,2,5,7-8H2,1H3/t10?,14-/m0/s1. The Balaban J connectivity index is 2.32. The van der Waals surface area contributed by atoms with E-state index in [4.69, 9.17) is 23.2 Å². The van der Waals surface area contributed by atoms with Crippen molar-refractivity contribution in [2.24, 2.45) is 0 Å². The minimum atomic E-state index is -0.974. The summed E-state index contributed by atoms with van der Waals surface area (Å²) in [5, 5.41) is 3.80. The summed E-state index contributed by atoms with van der Waals surface area (Å²) >= 11 is 11.8. The first kappa shape index (κ1) is 14.8. The molecule has 0 radical (unpaired) electrons. The lowest BCUT2D eigenvalue weighted by molar-refractivity contribution is 0.0850. The largest absolute Gasteiger partial charge is 0.302 e. The van der Waals surface area contributed by atoms with Gasteiger partial charge in [0.05, 0.1) is 15.6 Å². The predicted octanol–water partition coefficient (Wildman–Crippen LogP) is 4.05. The van der Waals surface area contributed by atoms with E-state index >= 15 is 0 Å². The first-order chi connectivity index (χ1) is 8.98. The Morgan fingerprint density at radius 1 is 1.47 bits per heavy atom. The Morgan fingerprint density at radius 2 is 2.21 bits per heavy atom. The van der Waals surface area contributed by atoms with Crippen LogP contribution in [0, 0.1) is 0 Å². The number of nitrogens with one attached hydrogen (secondary N) is 1. The van der Waals surface area contributed by atoms with E-state index in [1.54, 1.807) is 18.2 Å². The monoisotopic (exact) mass is 303 g/mol. The van der Waals surface area contributed by atoms with Crippen molar-refractivity contribution in [3.05, 3.63) is 33.8 Å². The van der Waals surface area contributed by atoms with Crippen LogP contribution in [-0.2, 0) is 0 Å². The van der Waals surface area contributed by atoms with Crippen LogP contribution in [0.4, 0.5) is 4.39 Å². The van der Waals surface area contributed by atoms with Gasteiger partial charge in [-0.15, -0.1) is 0 Å². The van der Waals surface area contributed by atoms with E-state index in [2.05, 4.69) is 5.32 Å². The van der Waals surface area contributed by atoms with Crippen LogP contribution in [0.15, 0.2) is 18.2 Å². The number of ketones is 1. The zero-order valence-electron chi connectivity index (χ0n) is 10.7. The topological polar surface area (TPSA) is 29.1 Å². The van der Waals surface area contributed by atoms with E-state index in [0.717, 1.165) is 6.42 Å². The van der Waals surface area contributed by atoms with Crippen molar-refractivity contribution in [1.29, 1.82) is 0 Å². The molecule has 2 rings (SSSR count). The molecular weight excluding hydrogens is 288 g/mol. The number of alkyl halides is 1. The molecule has 104 valence electrons. The zero-order chi connectivity index (χ0) is 14.0. The summed E-state index contributed by atoms with van der Waals surface area (Å²) in [5.41, 5.74) is -0.324. The maximum atomic E-state index is 13.5. The molecule has 0 spiro atoms. The van der Waals surface area contributed by atoms with Gasteiger partial charge in [-0.3, -0.25) is 4.79 Å². The summed E-state index contributed by atoms with van der Waals surface area (Å²) in [6, 6.07) is 4.79. The first-order valence-corrected chi connectivity index (χ1v) is 7.13. The summed E-state index contributed by atoms with van der Waals surface area (Å²) in [5.74, 6) is -0.104. The van der Waals surface area contributed by atoms with Gasteiger partial charge >= 0.3 is 0 Å². The lowest BCUT2D eigenvalue weighted by atomic mass is 9.83. The van der Waals surface area contributed by atoms with Crippen molar-refractivity contribution >= 4 is 29.0 Å². The highest BCUT2D eigenvalue weighted by molar-refractivity contribution is 6.42. The minimum Gasteiger partial charge on any atom is -0.302 e. The van der Waals surface area contributed by atoms with Gasteiger partial charge in [0.15, 0.2) is 5.78 Å². The lowest BCUT2D eigenvalue weighted by Crippen LogP contribution is -2.47. The van der Waals surface area contributed by atoms with Crippen LogP contribution in [-0.4, -0.2) is 24.0 Å². The highest BCUT2D eigenvalue weighted by Crippen LogP contribution is 2.32. The van der Waals surface area contributed by atoms with Crippen LogP contribution < -0.4 is 5.32 Å². The lowest BCUT2D eigenvalue weighted by Gasteiger charge is -2.27. The molecule has 1 saturated heterocycles. The van der Waals surface area contributed by atoms with Gasteiger partial charge in [0.25, 0.3) is 0 Å². The van der Waals surface area contributed by atoms with Gasteiger partial charge in [0.1, 0.15) is 6.17 Å². The van der Waals surface area contributed by atoms with E-state index in [0.29, 0.717) is 22.0 Å². The van der Waals surface area contributed by atoms with Gasteiger partial charge in [-0.2, -0.15) is 0 Å². The molecule has 5 heteroatoms. The van der Waals surface area contributed by atoms with Crippen molar-refractivity contribution in [2.75, 3.05) is 6.54 Å². The Bertz CT molecular complexity index is 490. The van der Waals surface area contributed by atoms with Crippen LogP contribution in [0.25, 0.3) is 0 Å². The van der Waals surface area contributed by atoms with E-state index in [1.165, 1.54) is 0 Å². The Hall–Kier alpha value is -0.640. The highest BCUT2D eigenvalue weighted by Gasteiger charge is 2.44. The van der Waals surface area contributed by atoms with Crippen molar-refractivity contribution in [2.45, 2.75) is 37.9 Å². The van der Waals surface area contributed by atoms with Crippen LogP contribution in [0.2, 0.25) is 10.0 Å². The quantitative estimate of drug-likeness (QED) is 0.850. The van der Waals surface area contributed by atoms with Crippen LogP contribution in [0.5, 0.6) is 0 Å². The highest BCUT2D eigenvalue weighted by atomic mass is 35.5. The summed E-state index contributed by atoms with van der Waals surface area (Å²) in [7, 11) is 0. The molecule has 2 atom stereocenters. The molecule has 0 aliphatic carbocycles. The molecule has 1 aliphatic rings. The number of halogens is 3. The number of carbonyl (C=O) groups excluding carboxylic acids is 1. The first-order valence-electron chi connectivity index (χ1n) is 6.37. The van der Waals surface area contributed by atoms with Gasteiger partial charge in [-0.1, -0.05) is 36.5 Å². The SMILES string of the molecule is CCC[C@@]1(C(=O)c2ccc(Cl)c(Cl)c2)CC(F)CN1.